The number of carbonyl (C=O) groups is 2. The number of halogens is 1. The molecule has 3 N–H and O–H groups in total. The highest BCUT2D eigenvalue weighted by Gasteiger charge is 2.13. The van der Waals surface area contributed by atoms with Gasteiger partial charge in [0.1, 0.15) is 5.69 Å². The van der Waals surface area contributed by atoms with E-state index >= 15 is 0 Å². The maximum Gasteiger partial charge on any atom is 0.356 e. The molecular formula is C10H7ClN4O3. The van der Waals surface area contributed by atoms with Crippen molar-refractivity contribution in [2.45, 2.75) is 0 Å². The second-order valence-electron chi connectivity index (χ2n) is 3.31. The number of carboxylic acid groups (broad SMARTS) is 1. The van der Waals surface area contributed by atoms with E-state index in [-0.39, 0.29) is 22.2 Å². The van der Waals surface area contributed by atoms with Crippen LogP contribution in [0.3, 0.4) is 0 Å². The second kappa shape index (κ2) is 4.46. The normalized spacial score (nSPS) is 10.3. The highest BCUT2D eigenvalue weighted by molar-refractivity contribution is 6.33. The molecule has 7 nitrogen and oxygen atoms in total. The van der Waals surface area contributed by atoms with Crippen LogP contribution in [0.2, 0.25) is 5.02 Å². The molecule has 92 valence electrons. The number of carbonyl (C=O) groups excluding carboxylic acids is 1. The molecular weight excluding hydrogens is 260 g/mol. The first-order valence-electron chi connectivity index (χ1n) is 4.74. The fourth-order valence-corrected chi connectivity index (χ4v) is 1.48. The van der Waals surface area contributed by atoms with Crippen LogP contribution >= 0.6 is 11.6 Å². The topological polar surface area (TPSA) is 111 Å². The Balaban J connectivity index is 2.47. The average Bonchev–Trinajstić information content (AvgIpc) is 2.78. The lowest BCUT2D eigenvalue weighted by atomic mass is 10.3. The summed E-state index contributed by atoms with van der Waals surface area (Å²) in [4.78, 5) is 25.6. The molecule has 0 fully saturated rings. The summed E-state index contributed by atoms with van der Waals surface area (Å²) in [6.45, 7) is 0. The summed E-state index contributed by atoms with van der Waals surface area (Å²) in [6, 6.07) is 4.27. The molecule has 0 aromatic carbocycles. The number of primary amides is 1. The number of carboxylic acids is 1. The summed E-state index contributed by atoms with van der Waals surface area (Å²) in [5.74, 6) is -1.70. The Kier molecular flexibility index (Phi) is 2.99. The molecule has 0 saturated carbocycles. The van der Waals surface area contributed by atoms with Crippen LogP contribution in [-0.4, -0.2) is 31.7 Å². The maximum absolute atomic E-state index is 10.9. The molecule has 2 heterocycles. The predicted octanol–water partition coefficient (Wildman–Crippen LogP) is 0.718. The maximum atomic E-state index is 10.9. The van der Waals surface area contributed by atoms with E-state index < -0.39 is 11.9 Å². The number of nitrogens with two attached hydrogens (primary N) is 1. The monoisotopic (exact) mass is 266 g/mol. The van der Waals surface area contributed by atoms with Crippen LogP contribution in [0.15, 0.2) is 24.4 Å². The average molecular weight is 267 g/mol. The Morgan fingerprint density at radius 2 is 2.06 bits per heavy atom. The van der Waals surface area contributed by atoms with Crippen LogP contribution in [0.4, 0.5) is 0 Å². The van der Waals surface area contributed by atoms with Crippen LogP contribution in [0.5, 0.6) is 0 Å². The van der Waals surface area contributed by atoms with Crippen molar-refractivity contribution in [2.75, 3.05) is 0 Å². The molecule has 0 aliphatic heterocycles. The summed E-state index contributed by atoms with van der Waals surface area (Å²) in [6.07, 6.45) is 1.45. The zero-order valence-corrected chi connectivity index (χ0v) is 9.63. The number of aromatic nitrogens is 3. The molecule has 8 heteroatoms. The van der Waals surface area contributed by atoms with Gasteiger partial charge in [-0.25, -0.2) is 14.5 Å². The van der Waals surface area contributed by atoms with Crippen molar-refractivity contribution in [3.8, 4) is 5.82 Å². The zero-order chi connectivity index (χ0) is 13.3. The number of hydrogen-bond acceptors (Lipinski definition) is 4. The van der Waals surface area contributed by atoms with Crippen LogP contribution in [0.25, 0.3) is 5.82 Å². The van der Waals surface area contributed by atoms with Crippen molar-refractivity contribution in [3.63, 3.8) is 0 Å². The number of amides is 1. The number of rotatable bonds is 3. The van der Waals surface area contributed by atoms with E-state index in [0.717, 1.165) is 0 Å². The third-order valence-electron chi connectivity index (χ3n) is 2.11. The van der Waals surface area contributed by atoms with Crippen LogP contribution < -0.4 is 5.73 Å². The first-order valence-corrected chi connectivity index (χ1v) is 5.12. The van der Waals surface area contributed by atoms with Crippen molar-refractivity contribution in [1.82, 2.24) is 14.8 Å². The molecule has 1 amide bonds. The molecule has 18 heavy (non-hydrogen) atoms. The van der Waals surface area contributed by atoms with Gasteiger partial charge in [0, 0.05) is 6.20 Å². The van der Waals surface area contributed by atoms with Crippen LogP contribution in [0, 0.1) is 0 Å². The minimum absolute atomic E-state index is 0.0218. The van der Waals surface area contributed by atoms with Crippen molar-refractivity contribution < 1.29 is 14.7 Å². The van der Waals surface area contributed by atoms with Crippen LogP contribution in [-0.2, 0) is 0 Å². The molecule has 0 aliphatic rings. The van der Waals surface area contributed by atoms with Crippen molar-refractivity contribution in [2.24, 2.45) is 5.73 Å². The summed E-state index contributed by atoms with van der Waals surface area (Å²) in [5, 5.41) is 12.8. The summed E-state index contributed by atoms with van der Waals surface area (Å²) in [5.41, 5.74) is 4.83. The van der Waals surface area contributed by atoms with E-state index in [1.807, 2.05) is 0 Å². The molecule has 0 unspecified atom stereocenters. The van der Waals surface area contributed by atoms with Crippen LogP contribution in [0.1, 0.15) is 21.0 Å². The standard InChI is InChI=1S/C10H7ClN4O3/c11-5-1-2-7(13-8(5)10(17)18)15-4-3-6(14-15)9(12)16/h1-4H,(H2,12,16)(H,17,18). The lowest BCUT2D eigenvalue weighted by Gasteiger charge is -2.03. The summed E-state index contributed by atoms with van der Waals surface area (Å²) >= 11 is 5.69. The van der Waals surface area contributed by atoms with Gasteiger partial charge in [0.05, 0.1) is 5.02 Å². The lowest BCUT2D eigenvalue weighted by molar-refractivity contribution is 0.0690. The second-order valence-corrected chi connectivity index (χ2v) is 3.72. The summed E-state index contributed by atoms with van der Waals surface area (Å²) in [7, 11) is 0. The number of pyridine rings is 1. The van der Waals surface area contributed by atoms with Gasteiger partial charge in [0.15, 0.2) is 11.5 Å². The largest absolute Gasteiger partial charge is 0.476 e. The molecule has 0 saturated heterocycles. The smallest absolute Gasteiger partial charge is 0.356 e. The minimum atomic E-state index is -1.25. The Hall–Kier alpha value is -2.41. The van der Waals surface area contributed by atoms with E-state index in [2.05, 4.69) is 10.1 Å². The van der Waals surface area contributed by atoms with Gasteiger partial charge in [0.2, 0.25) is 0 Å². The van der Waals surface area contributed by atoms with E-state index in [0.29, 0.717) is 0 Å². The molecule has 0 atom stereocenters. The first-order chi connectivity index (χ1) is 8.49. The SMILES string of the molecule is NC(=O)c1ccn(-c2ccc(Cl)c(C(=O)O)n2)n1. The highest BCUT2D eigenvalue weighted by Crippen LogP contribution is 2.16. The Labute approximate surface area is 106 Å². The van der Waals surface area contributed by atoms with Gasteiger partial charge in [-0.15, -0.1) is 0 Å². The Morgan fingerprint density at radius 3 is 2.61 bits per heavy atom. The van der Waals surface area contributed by atoms with Crippen molar-refractivity contribution in [1.29, 1.82) is 0 Å². The minimum Gasteiger partial charge on any atom is -0.476 e. The molecule has 0 aliphatic carbocycles. The van der Waals surface area contributed by atoms with E-state index in [1.54, 1.807) is 0 Å². The van der Waals surface area contributed by atoms with Crippen molar-refractivity contribution in [3.05, 3.63) is 40.8 Å². The van der Waals surface area contributed by atoms with Gasteiger partial charge < -0.3 is 10.8 Å². The molecule has 0 radical (unpaired) electrons. The van der Waals surface area contributed by atoms with Gasteiger partial charge in [-0.2, -0.15) is 5.10 Å². The highest BCUT2D eigenvalue weighted by atomic mass is 35.5. The Morgan fingerprint density at radius 1 is 1.33 bits per heavy atom. The molecule has 2 rings (SSSR count). The zero-order valence-electron chi connectivity index (χ0n) is 8.87. The van der Waals surface area contributed by atoms with E-state index in [1.165, 1.54) is 29.1 Å². The molecule has 2 aromatic rings. The first kappa shape index (κ1) is 12.1. The quantitative estimate of drug-likeness (QED) is 0.850. The third-order valence-corrected chi connectivity index (χ3v) is 2.42. The van der Waals surface area contributed by atoms with Gasteiger partial charge in [0.25, 0.3) is 5.91 Å². The van der Waals surface area contributed by atoms with Gasteiger partial charge >= 0.3 is 5.97 Å². The summed E-state index contributed by atoms with van der Waals surface area (Å²) < 4.78 is 1.24. The fraction of sp³-hybridized carbons (Fsp3) is 0. The molecule has 2 aromatic heterocycles. The molecule has 0 bridgehead atoms. The van der Waals surface area contributed by atoms with Gasteiger partial charge in [-0.1, -0.05) is 11.6 Å². The molecule has 0 spiro atoms. The van der Waals surface area contributed by atoms with Gasteiger partial charge in [-0.3, -0.25) is 4.79 Å². The number of nitrogens with zero attached hydrogens (tertiary/aromatic N) is 3. The third kappa shape index (κ3) is 2.16. The number of hydrogen-bond donors (Lipinski definition) is 2. The van der Waals surface area contributed by atoms with E-state index in [9.17, 15) is 9.59 Å². The predicted molar refractivity (Wildman–Crippen MR) is 61.8 cm³/mol. The van der Waals surface area contributed by atoms with E-state index in [4.69, 9.17) is 22.4 Å². The van der Waals surface area contributed by atoms with Gasteiger partial charge in [-0.05, 0) is 18.2 Å². The fourth-order valence-electron chi connectivity index (χ4n) is 1.29. The van der Waals surface area contributed by atoms with Crippen molar-refractivity contribution >= 4 is 23.5 Å². The Bertz CT molecular complexity index is 638. The number of aromatic carboxylic acids is 1. The lowest BCUT2D eigenvalue weighted by Crippen LogP contribution is -2.13.